The molecule has 0 aromatic rings. The second kappa shape index (κ2) is 3.82. The second-order valence-electron chi connectivity index (χ2n) is 3.42. The van der Waals surface area contributed by atoms with Crippen LogP contribution in [0.2, 0.25) is 0 Å². The first kappa shape index (κ1) is 10.8. The van der Waals surface area contributed by atoms with Crippen molar-refractivity contribution in [3.63, 3.8) is 0 Å². The van der Waals surface area contributed by atoms with E-state index in [4.69, 9.17) is 10.5 Å². The van der Waals surface area contributed by atoms with Gasteiger partial charge in [-0.15, -0.1) is 12.4 Å². The summed E-state index contributed by atoms with van der Waals surface area (Å²) >= 11 is 0. The van der Waals surface area contributed by atoms with E-state index in [9.17, 15) is 4.79 Å². The maximum Gasteiger partial charge on any atom is 0.312 e. The van der Waals surface area contributed by atoms with Crippen molar-refractivity contribution in [2.45, 2.75) is 31.1 Å². The Bertz CT molecular complexity index is 210. The van der Waals surface area contributed by atoms with Gasteiger partial charge in [0.15, 0.2) is 0 Å². The van der Waals surface area contributed by atoms with Gasteiger partial charge in [-0.25, -0.2) is 0 Å². The summed E-state index contributed by atoms with van der Waals surface area (Å²) in [6, 6.07) is -0.156. The molecule has 0 aromatic heterocycles. The fourth-order valence-electron chi connectivity index (χ4n) is 2.16. The molecule has 2 fully saturated rings. The molecule has 13 heavy (non-hydrogen) atoms. The van der Waals surface area contributed by atoms with Gasteiger partial charge in [-0.3, -0.25) is 4.79 Å². The number of hydrogen-bond acceptors (Lipinski definition) is 4. The highest BCUT2D eigenvalue weighted by molar-refractivity contribution is 5.85. The first-order chi connectivity index (χ1) is 5.74. The Balaban J connectivity index is 0.000000845. The molecule has 2 N–H and O–H groups in total. The van der Waals surface area contributed by atoms with Crippen LogP contribution < -0.4 is 5.73 Å². The topological polar surface area (TPSA) is 61.5 Å². The lowest BCUT2D eigenvalue weighted by Crippen LogP contribution is -2.44. The van der Waals surface area contributed by atoms with E-state index in [0.717, 1.165) is 12.8 Å². The first-order valence-corrected chi connectivity index (χ1v) is 4.23. The number of hydrogen-bond donors (Lipinski definition) is 1. The molecule has 0 amide bonds. The Labute approximate surface area is 83.2 Å². The number of halogens is 1. The largest absolute Gasteiger partial charge is 0.469 e. The molecule has 2 aliphatic rings. The van der Waals surface area contributed by atoms with Gasteiger partial charge < -0.3 is 15.2 Å². The van der Waals surface area contributed by atoms with Gasteiger partial charge in [0, 0.05) is 6.04 Å². The van der Waals surface area contributed by atoms with Crippen LogP contribution in [0.1, 0.15) is 12.8 Å². The van der Waals surface area contributed by atoms with E-state index in [-0.39, 0.29) is 42.5 Å². The molecular weight excluding hydrogens is 194 g/mol. The van der Waals surface area contributed by atoms with Crippen molar-refractivity contribution in [2.24, 2.45) is 11.7 Å². The van der Waals surface area contributed by atoms with Gasteiger partial charge in [0.25, 0.3) is 0 Å². The third-order valence-electron chi connectivity index (χ3n) is 2.80. The molecule has 0 aliphatic carbocycles. The van der Waals surface area contributed by atoms with Crippen molar-refractivity contribution < 1.29 is 14.3 Å². The van der Waals surface area contributed by atoms with Crippen LogP contribution in [0, 0.1) is 5.92 Å². The van der Waals surface area contributed by atoms with E-state index in [1.54, 1.807) is 0 Å². The standard InChI is InChI=1S/C8H13NO3.ClH/c1-11-8(10)6-4-2-3-5(12-4)7(6)9;/h4-7H,2-3,9H2,1H3;1H/t4-,5+,6+,7-;/m0./s1. The highest BCUT2D eigenvalue weighted by Crippen LogP contribution is 2.38. The predicted molar refractivity (Wildman–Crippen MR) is 48.6 cm³/mol. The van der Waals surface area contributed by atoms with Crippen LogP contribution in [0.4, 0.5) is 0 Å². The molecular formula is C8H14ClNO3. The number of carbonyl (C=O) groups is 1. The Morgan fingerprint density at radius 3 is 2.54 bits per heavy atom. The quantitative estimate of drug-likeness (QED) is 0.619. The SMILES string of the molecule is COC(=O)[C@H]1[C@@H](N)[C@H]2CC[C@@H]1O2.Cl. The summed E-state index contributed by atoms with van der Waals surface area (Å²) in [5, 5.41) is 0. The molecule has 0 aromatic carbocycles. The van der Waals surface area contributed by atoms with E-state index in [1.165, 1.54) is 7.11 Å². The number of ether oxygens (including phenoxy) is 2. The summed E-state index contributed by atoms with van der Waals surface area (Å²) in [7, 11) is 1.39. The van der Waals surface area contributed by atoms with Crippen molar-refractivity contribution >= 4 is 18.4 Å². The molecule has 2 bridgehead atoms. The van der Waals surface area contributed by atoms with E-state index in [0.29, 0.717) is 0 Å². The zero-order valence-corrected chi connectivity index (χ0v) is 8.25. The van der Waals surface area contributed by atoms with Crippen molar-refractivity contribution in [3.8, 4) is 0 Å². The monoisotopic (exact) mass is 207 g/mol. The molecule has 0 unspecified atom stereocenters. The fourth-order valence-corrected chi connectivity index (χ4v) is 2.16. The molecule has 0 radical (unpaired) electrons. The number of fused-ring (bicyclic) bond motifs is 2. The van der Waals surface area contributed by atoms with Crippen LogP contribution in [-0.4, -0.2) is 31.3 Å². The smallest absolute Gasteiger partial charge is 0.312 e. The molecule has 0 saturated carbocycles. The Kier molecular flexibility index (Phi) is 3.16. The minimum atomic E-state index is -0.228. The average molecular weight is 208 g/mol. The number of rotatable bonds is 1. The zero-order valence-electron chi connectivity index (χ0n) is 7.43. The zero-order chi connectivity index (χ0) is 8.72. The lowest BCUT2D eigenvalue weighted by Gasteiger charge is -2.21. The van der Waals surface area contributed by atoms with E-state index < -0.39 is 0 Å². The van der Waals surface area contributed by atoms with E-state index >= 15 is 0 Å². The molecule has 2 heterocycles. The number of carbonyl (C=O) groups excluding carboxylic acids is 1. The van der Waals surface area contributed by atoms with E-state index in [2.05, 4.69) is 4.74 Å². The first-order valence-electron chi connectivity index (χ1n) is 4.23. The molecule has 4 atom stereocenters. The van der Waals surface area contributed by atoms with Crippen LogP contribution >= 0.6 is 12.4 Å². The Morgan fingerprint density at radius 1 is 1.46 bits per heavy atom. The normalized spacial score (nSPS) is 41.4. The van der Waals surface area contributed by atoms with Crippen LogP contribution in [-0.2, 0) is 14.3 Å². The summed E-state index contributed by atoms with van der Waals surface area (Å²) in [4.78, 5) is 11.2. The minimum Gasteiger partial charge on any atom is -0.469 e. The van der Waals surface area contributed by atoms with Crippen LogP contribution in [0.3, 0.4) is 0 Å². The minimum absolute atomic E-state index is 0. The van der Waals surface area contributed by atoms with Crippen molar-refractivity contribution in [1.82, 2.24) is 0 Å². The lowest BCUT2D eigenvalue weighted by molar-refractivity contribution is -0.147. The average Bonchev–Trinajstić information content (AvgIpc) is 2.63. The van der Waals surface area contributed by atoms with Gasteiger partial charge in [0.1, 0.15) is 5.92 Å². The molecule has 2 rings (SSSR count). The van der Waals surface area contributed by atoms with Crippen molar-refractivity contribution in [1.29, 1.82) is 0 Å². The number of esters is 1. The van der Waals surface area contributed by atoms with E-state index in [1.807, 2.05) is 0 Å². The Hall–Kier alpha value is -0.320. The summed E-state index contributed by atoms with van der Waals surface area (Å²) < 4.78 is 10.2. The summed E-state index contributed by atoms with van der Waals surface area (Å²) in [5.74, 6) is -0.455. The predicted octanol–water partition coefficient (Wildman–Crippen LogP) is 0.0859. The molecule has 4 nitrogen and oxygen atoms in total. The number of nitrogens with two attached hydrogens (primary N) is 1. The summed E-state index contributed by atoms with van der Waals surface area (Å²) in [5.41, 5.74) is 5.81. The van der Waals surface area contributed by atoms with Gasteiger partial charge in [-0.2, -0.15) is 0 Å². The fraction of sp³-hybridized carbons (Fsp3) is 0.875. The summed E-state index contributed by atoms with van der Waals surface area (Å²) in [6.07, 6.45) is 2.02. The van der Waals surface area contributed by atoms with Gasteiger partial charge in [0.2, 0.25) is 0 Å². The Morgan fingerprint density at radius 2 is 2.08 bits per heavy atom. The number of methoxy groups -OCH3 is 1. The van der Waals surface area contributed by atoms with Crippen molar-refractivity contribution in [3.05, 3.63) is 0 Å². The van der Waals surface area contributed by atoms with Gasteiger partial charge in [-0.05, 0) is 12.8 Å². The molecule has 76 valence electrons. The van der Waals surface area contributed by atoms with Gasteiger partial charge >= 0.3 is 5.97 Å². The van der Waals surface area contributed by atoms with Gasteiger partial charge in [-0.1, -0.05) is 0 Å². The maximum absolute atomic E-state index is 11.2. The van der Waals surface area contributed by atoms with Crippen LogP contribution in [0.5, 0.6) is 0 Å². The molecule has 2 saturated heterocycles. The third-order valence-corrected chi connectivity index (χ3v) is 2.80. The second-order valence-corrected chi connectivity index (χ2v) is 3.42. The highest BCUT2D eigenvalue weighted by Gasteiger charge is 2.51. The highest BCUT2D eigenvalue weighted by atomic mass is 35.5. The molecule has 5 heteroatoms. The molecule has 0 spiro atoms. The van der Waals surface area contributed by atoms with Crippen molar-refractivity contribution in [2.75, 3.05) is 7.11 Å². The van der Waals surface area contributed by atoms with Crippen LogP contribution in [0.25, 0.3) is 0 Å². The van der Waals surface area contributed by atoms with Gasteiger partial charge in [0.05, 0.1) is 19.3 Å². The lowest BCUT2D eigenvalue weighted by atomic mass is 9.85. The maximum atomic E-state index is 11.2. The van der Waals surface area contributed by atoms with Crippen LogP contribution in [0.15, 0.2) is 0 Å². The third kappa shape index (κ3) is 1.54. The molecule has 2 aliphatic heterocycles. The summed E-state index contributed by atoms with van der Waals surface area (Å²) in [6.45, 7) is 0.